The van der Waals surface area contributed by atoms with Gasteiger partial charge in [0.1, 0.15) is 36.8 Å². The minimum Gasteiger partial charge on any atom is -0.490 e. The number of hydrogen-bond acceptors (Lipinski definition) is 6. The SMILES string of the molecule is Cc1cc2c(c(OC(C)CF)c1F)C(=O)N1C[C@@H](Oc3cc4c(cn3)CCC(=O)N4)C[C@@H]1CO2. The van der Waals surface area contributed by atoms with E-state index < -0.39 is 24.5 Å². The molecule has 34 heavy (non-hydrogen) atoms. The van der Waals surface area contributed by atoms with Gasteiger partial charge in [0, 0.05) is 25.1 Å². The number of halogens is 2. The van der Waals surface area contributed by atoms with Gasteiger partial charge in [-0.05, 0) is 37.5 Å². The van der Waals surface area contributed by atoms with Gasteiger partial charge in [-0.1, -0.05) is 0 Å². The van der Waals surface area contributed by atoms with Gasteiger partial charge in [0.05, 0.1) is 18.3 Å². The van der Waals surface area contributed by atoms with Crippen molar-refractivity contribution in [2.24, 2.45) is 0 Å². The number of nitrogens with one attached hydrogen (secondary N) is 1. The fraction of sp³-hybridized carbons (Fsp3) is 0.458. The van der Waals surface area contributed by atoms with Gasteiger partial charge >= 0.3 is 0 Å². The number of rotatable bonds is 5. The van der Waals surface area contributed by atoms with Crippen LogP contribution in [-0.4, -0.2) is 59.8 Å². The number of aryl methyl sites for hydroxylation is 2. The molecule has 1 N–H and O–H groups in total. The maximum absolute atomic E-state index is 14.9. The summed E-state index contributed by atoms with van der Waals surface area (Å²) in [6, 6.07) is 2.86. The summed E-state index contributed by atoms with van der Waals surface area (Å²) in [7, 11) is 0. The average molecular weight is 473 g/mol. The number of benzene rings is 1. The molecule has 0 saturated carbocycles. The molecule has 1 saturated heterocycles. The molecule has 4 heterocycles. The second-order valence-corrected chi connectivity index (χ2v) is 8.92. The van der Waals surface area contributed by atoms with Crippen molar-refractivity contribution in [2.45, 2.75) is 51.4 Å². The Morgan fingerprint density at radius 1 is 1.32 bits per heavy atom. The van der Waals surface area contributed by atoms with Gasteiger partial charge in [-0.15, -0.1) is 0 Å². The number of amides is 2. The zero-order valence-corrected chi connectivity index (χ0v) is 18.9. The quantitative estimate of drug-likeness (QED) is 0.718. The predicted molar refractivity (Wildman–Crippen MR) is 118 cm³/mol. The maximum atomic E-state index is 14.9. The van der Waals surface area contributed by atoms with Crippen LogP contribution in [0, 0.1) is 12.7 Å². The molecule has 5 rings (SSSR count). The molecule has 10 heteroatoms. The number of carbonyl (C=O) groups excluding carboxylic acids is 2. The highest BCUT2D eigenvalue weighted by Crippen LogP contribution is 2.40. The largest absolute Gasteiger partial charge is 0.490 e. The van der Waals surface area contributed by atoms with Crippen LogP contribution in [0.4, 0.5) is 14.5 Å². The number of alkyl halides is 1. The summed E-state index contributed by atoms with van der Waals surface area (Å²) in [4.78, 5) is 31.1. The van der Waals surface area contributed by atoms with E-state index in [0.29, 0.717) is 30.8 Å². The van der Waals surface area contributed by atoms with Crippen molar-refractivity contribution in [3.05, 3.63) is 40.8 Å². The van der Waals surface area contributed by atoms with Crippen molar-refractivity contribution in [1.82, 2.24) is 9.88 Å². The van der Waals surface area contributed by atoms with Crippen LogP contribution in [0.1, 0.15) is 41.3 Å². The molecule has 3 atom stereocenters. The van der Waals surface area contributed by atoms with E-state index in [4.69, 9.17) is 14.2 Å². The van der Waals surface area contributed by atoms with E-state index in [-0.39, 0.29) is 53.8 Å². The van der Waals surface area contributed by atoms with Gasteiger partial charge in [0.25, 0.3) is 5.91 Å². The molecular formula is C24H25F2N3O5. The van der Waals surface area contributed by atoms with Crippen LogP contribution in [0.3, 0.4) is 0 Å². The number of nitrogens with zero attached hydrogens (tertiary/aromatic N) is 2. The first kappa shape index (κ1) is 22.4. The Morgan fingerprint density at radius 3 is 2.94 bits per heavy atom. The normalized spacial score (nSPS) is 22.1. The van der Waals surface area contributed by atoms with Crippen molar-refractivity contribution < 1.29 is 32.6 Å². The van der Waals surface area contributed by atoms with E-state index in [1.165, 1.54) is 13.0 Å². The first-order valence-corrected chi connectivity index (χ1v) is 11.3. The maximum Gasteiger partial charge on any atom is 0.262 e. The molecule has 3 aliphatic heterocycles. The zero-order valence-electron chi connectivity index (χ0n) is 18.9. The summed E-state index contributed by atoms with van der Waals surface area (Å²) < 4.78 is 45.4. The van der Waals surface area contributed by atoms with Crippen LogP contribution in [0.5, 0.6) is 17.4 Å². The van der Waals surface area contributed by atoms with Crippen LogP contribution < -0.4 is 19.5 Å². The Kier molecular flexibility index (Phi) is 5.75. The molecule has 0 radical (unpaired) electrons. The molecule has 0 spiro atoms. The number of ether oxygens (including phenoxy) is 3. The van der Waals surface area contributed by atoms with Crippen LogP contribution in [0.15, 0.2) is 18.3 Å². The Labute approximate surface area is 195 Å². The van der Waals surface area contributed by atoms with Gasteiger partial charge in [-0.2, -0.15) is 0 Å². The lowest BCUT2D eigenvalue weighted by molar-refractivity contribution is -0.116. The first-order valence-electron chi connectivity index (χ1n) is 11.3. The van der Waals surface area contributed by atoms with Crippen molar-refractivity contribution in [3.63, 3.8) is 0 Å². The monoisotopic (exact) mass is 473 g/mol. The number of anilines is 1. The molecule has 0 bridgehead atoms. The molecule has 1 aromatic heterocycles. The Balaban J connectivity index is 1.38. The average Bonchev–Trinajstić information content (AvgIpc) is 3.17. The van der Waals surface area contributed by atoms with Crippen molar-refractivity contribution >= 4 is 17.5 Å². The molecule has 2 aromatic rings. The fourth-order valence-corrected chi connectivity index (χ4v) is 4.56. The molecule has 1 aromatic carbocycles. The number of hydrogen-bond donors (Lipinski definition) is 1. The van der Waals surface area contributed by atoms with E-state index in [1.807, 2.05) is 0 Å². The molecular weight excluding hydrogens is 448 g/mol. The summed E-state index contributed by atoms with van der Waals surface area (Å²) in [5.41, 5.74) is 1.83. The van der Waals surface area contributed by atoms with Crippen LogP contribution in [0.25, 0.3) is 0 Å². The summed E-state index contributed by atoms with van der Waals surface area (Å²) in [6.45, 7) is 2.63. The number of carbonyl (C=O) groups is 2. The minimum absolute atomic E-state index is 0.0406. The second kappa shape index (κ2) is 8.73. The van der Waals surface area contributed by atoms with E-state index >= 15 is 0 Å². The highest BCUT2D eigenvalue weighted by atomic mass is 19.1. The summed E-state index contributed by atoms with van der Waals surface area (Å²) >= 11 is 0. The molecule has 1 fully saturated rings. The lowest BCUT2D eigenvalue weighted by atomic mass is 10.1. The molecule has 2 amide bonds. The Hall–Kier alpha value is -3.43. The standard InChI is InChI=1S/C24H25F2N3O5/c1-12-5-18-21(23(22(12)26)33-13(2)8-25)24(31)29-10-16(6-15(29)11-32-18)34-20-7-17-14(9-27-20)3-4-19(30)28-17/h5,7,9,13,15-16H,3-4,6,8,10-11H2,1-2H3,(H,28,30)/t13?,15-,16+/m1/s1. The first-order chi connectivity index (χ1) is 16.3. The third-order valence-electron chi connectivity index (χ3n) is 6.33. The van der Waals surface area contributed by atoms with E-state index in [2.05, 4.69) is 10.3 Å². The van der Waals surface area contributed by atoms with E-state index in [9.17, 15) is 18.4 Å². The van der Waals surface area contributed by atoms with Gasteiger partial charge < -0.3 is 24.4 Å². The molecule has 3 aliphatic rings. The van der Waals surface area contributed by atoms with Crippen LogP contribution in [0.2, 0.25) is 0 Å². The lowest BCUT2D eigenvalue weighted by Gasteiger charge is -2.22. The van der Waals surface area contributed by atoms with Crippen molar-refractivity contribution in [1.29, 1.82) is 0 Å². The molecule has 8 nitrogen and oxygen atoms in total. The molecule has 180 valence electrons. The van der Waals surface area contributed by atoms with Gasteiger partial charge in [-0.3, -0.25) is 9.59 Å². The fourth-order valence-electron chi connectivity index (χ4n) is 4.56. The molecule has 0 aliphatic carbocycles. The van der Waals surface area contributed by atoms with Gasteiger partial charge in [0.2, 0.25) is 11.8 Å². The van der Waals surface area contributed by atoms with Crippen molar-refractivity contribution in [2.75, 3.05) is 25.1 Å². The third-order valence-corrected chi connectivity index (χ3v) is 6.33. The summed E-state index contributed by atoms with van der Waals surface area (Å²) in [5.74, 6) is -0.926. The number of aromatic nitrogens is 1. The van der Waals surface area contributed by atoms with Crippen LogP contribution >= 0.6 is 0 Å². The third kappa shape index (κ3) is 4.01. The second-order valence-electron chi connectivity index (χ2n) is 8.92. The Bertz CT molecular complexity index is 1160. The topological polar surface area (TPSA) is 90.0 Å². The smallest absolute Gasteiger partial charge is 0.262 e. The zero-order chi connectivity index (χ0) is 24.0. The van der Waals surface area contributed by atoms with Gasteiger partial charge in [0.15, 0.2) is 11.6 Å². The summed E-state index contributed by atoms with van der Waals surface area (Å²) in [5, 5.41) is 2.82. The highest BCUT2D eigenvalue weighted by molar-refractivity contribution is 6.00. The summed E-state index contributed by atoms with van der Waals surface area (Å²) in [6.07, 6.45) is 1.94. The van der Waals surface area contributed by atoms with E-state index in [0.717, 1.165) is 5.56 Å². The predicted octanol–water partition coefficient (Wildman–Crippen LogP) is 3.21. The van der Waals surface area contributed by atoms with Gasteiger partial charge in [-0.25, -0.2) is 13.8 Å². The minimum atomic E-state index is -0.919. The number of pyridine rings is 1. The Morgan fingerprint density at radius 2 is 2.15 bits per heavy atom. The highest BCUT2D eigenvalue weighted by Gasteiger charge is 2.42. The number of fused-ring (bicyclic) bond motifs is 3. The van der Waals surface area contributed by atoms with E-state index in [1.54, 1.807) is 24.1 Å². The van der Waals surface area contributed by atoms with Crippen LogP contribution in [-0.2, 0) is 11.2 Å². The lowest BCUT2D eigenvalue weighted by Crippen LogP contribution is -2.37. The van der Waals surface area contributed by atoms with Crippen molar-refractivity contribution in [3.8, 4) is 17.4 Å². The molecule has 1 unspecified atom stereocenters.